The number of nitrogens with zero attached hydrogens (tertiary/aromatic N) is 2. The van der Waals surface area contributed by atoms with E-state index in [0.717, 1.165) is 5.56 Å². The highest BCUT2D eigenvalue weighted by molar-refractivity contribution is 7.89. The van der Waals surface area contributed by atoms with Gasteiger partial charge in [0, 0.05) is 31.2 Å². The zero-order valence-electron chi connectivity index (χ0n) is 28.9. The number of hydrogen-bond acceptors (Lipinski definition) is 9. The van der Waals surface area contributed by atoms with Gasteiger partial charge in [0.1, 0.15) is 0 Å². The van der Waals surface area contributed by atoms with Crippen molar-refractivity contribution in [2.45, 2.75) is 95.3 Å². The molecule has 2 fully saturated rings. The number of carbonyl (C=O) groups excluding carboxylic acids is 1. The molecule has 2 aliphatic heterocycles. The number of aliphatic hydroxyl groups excluding tert-OH is 1. The van der Waals surface area contributed by atoms with Gasteiger partial charge in [-0.2, -0.15) is 4.31 Å². The first-order valence-corrected chi connectivity index (χ1v) is 18.4. The number of amides is 2. The second kappa shape index (κ2) is 17.0. The lowest BCUT2D eigenvalue weighted by molar-refractivity contribution is -0.0906. The number of anilines is 1. The Morgan fingerprint density at radius 2 is 1.84 bits per heavy atom. The minimum absolute atomic E-state index is 0.0202. The minimum atomic E-state index is -4.19. The monoisotopic (exact) mass is 704 g/mol. The summed E-state index contributed by atoms with van der Waals surface area (Å²) in [6.07, 6.45) is -1.11. The number of sulfonamides is 1. The molecule has 2 heterocycles. The van der Waals surface area contributed by atoms with Crippen LogP contribution in [-0.2, 0) is 30.7 Å². The maximum absolute atomic E-state index is 14.3. The lowest BCUT2D eigenvalue weighted by Crippen LogP contribution is -2.58. The average Bonchev–Trinajstić information content (AvgIpc) is 3.65. The Morgan fingerprint density at radius 3 is 2.51 bits per heavy atom. The third kappa shape index (κ3) is 10.5. The largest absolute Gasteiger partial charge is 0.465 e. The van der Waals surface area contributed by atoms with Crippen molar-refractivity contribution in [3.8, 4) is 0 Å². The van der Waals surface area contributed by atoms with Crippen LogP contribution < -0.4 is 11.1 Å². The molecule has 0 unspecified atom stereocenters. The van der Waals surface area contributed by atoms with Crippen molar-refractivity contribution in [3.63, 3.8) is 0 Å². The molecule has 13 nitrogen and oxygen atoms in total. The van der Waals surface area contributed by atoms with E-state index < -0.39 is 52.1 Å². The van der Waals surface area contributed by atoms with Gasteiger partial charge in [-0.25, -0.2) is 18.0 Å². The minimum Gasteiger partial charge on any atom is -0.465 e. The number of rotatable bonds is 17. The van der Waals surface area contributed by atoms with E-state index in [1.807, 2.05) is 44.2 Å². The van der Waals surface area contributed by atoms with E-state index in [1.165, 1.54) is 21.3 Å². The zero-order valence-corrected chi connectivity index (χ0v) is 29.7. The second-order valence-electron chi connectivity index (χ2n) is 14.0. The first-order valence-electron chi connectivity index (χ1n) is 16.9. The van der Waals surface area contributed by atoms with E-state index in [1.54, 1.807) is 26.0 Å². The van der Waals surface area contributed by atoms with Crippen LogP contribution in [0.25, 0.3) is 0 Å². The predicted molar refractivity (Wildman–Crippen MR) is 184 cm³/mol. The van der Waals surface area contributed by atoms with Gasteiger partial charge in [-0.3, -0.25) is 4.90 Å². The summed E-state index contributed by atoms with van der Waals surface area (Å²) in [5, 5.41) is 25.3. The molecule has 2 saturated heterocycles. The summed E-state index contributed by atoms with van der Waals surface area (Å²) >= 11 is 0. The molecule has 2 aliphatic rings. The maximum Gasteiger partial charge on any atom is 0.407 e. The molecular formula is C35H52N4O9S. The van der Waals surface area contributed by atoms with Gasteiger partial charge in [0.25, 0.3) is 0 Å². The lowest BCUT2D eigenvalue weighted by Gasteiger charge is -2.40. The molecule has 49 heavy (non-hydrogen) atoms. The molecule has 2 aromatic carbocycles. The Bertz CT molecular complexity index is 1490. The molecule has 0 spiro atoms. The van der Waals surface area contributed by atoms with Crippen molar-refractivity contribution in [3.05, 3.63) is 60.2 Å². The van der Waals surface area contributed by atoms with Gasteiger partial charge in [-0.05, 0) is 68.7 Å². The van der Waals surface area contributed by atoms with Crippen molar-refractivity contribution in [2.75, 3.05) is 38.6 Å². The quantitative estimate of drug-likeness (QED) is 0.137. The van der Waals surface area contributed by atoms with Gasteiger partial charge < -0.3 is 35.5 Å². The van der Waals surface area contributed by atoms with Crippen LogP contribution in [0.15, 0.2) is 59.5 Å². The predicted octanol–water partition coefficient (Wildman–Crippen LogP) is 4.30. The van der Waals surface area contributed by atoms with Crippen LogP contribution in [0.1, 0.15) is 58.9 Å². The number of nitrogen functional groups attached to an aromatic ring is 1. The van der Waals surface area contributed by atoms with Gasteiger partial charge in [-0.1, -0.05) is 56.7 Å². The molecule has 4 rings (SSSR count). The molecule has 2 amide bonds. The standard InChI is InChI=1S/C35H52N4O9S/c1-24(2)48-33(41)37-17-9-8-16-35(3,4)23-38(49(44,45)27-14-10-13-26(36)20-27)21-31(40)29(19-25-11-6-5-7-12-25)39(34(42)43)30-22-47-32-28(30)15-18-46-32/h5-7,10-14,20,24,28-32,40H,8-9,15-19,21-23,36H2,1-4H3,(H,37,41)(H,42,43)/t28-,29-,30-,31+,32+/m0/s1. The van der Waals surface area contributed by atoms with E-state index in [4.69, 9.17) is 19.9 Å². The Kier molecular flexibility index (Phi) is 13.3. The number of aliphatic hydroxyl groups is 1. The number of ether oxygens (including phenoxy) is 3. The molecule has 0 aromatic heterocycles. The number of nitrogens with one attached hydrogen (secondary N) is 1. The van der Waals surface area contributed by atoms with E-state index in [2.05, 4.69) is 5.32 Å². The number of fused-ring (bicyclic) bond motifs is 1. The first-order chi connectivity index (χ1) is 23.2. The summed E-state index contributed by atoms with van der Waals surface area (Å²) in [6.45, 7) is 8.10. The van der Waals surface area contributed by atoms with Crippen molar-refractivity contribution < 1.29 is 42.4 Å². The molecule has 14 heteroatoms. The molecule has 0 saturated carbocycles. The molecule has 0 aliphatic carbocycles. The third-order valence-electron chi connectivity index (χ3n) is 9.06. The van der Waals surface area contributed by atoms with Crippen LogP contribution in [0.5, 0.6) is 0 Å². The molecule has 0 radical (unpaired) electrons. The maximum atomic E-state index is 14.3. The van der Waals surface area contributed by atoms with Crippen molar-refractivity contribution >= 4 is 27.9 Å². The fourth-order valence-corrected chi connectivity index (χ4v) is 8.37. The van der Waals surface area contributed by atoms with Gasteiger partial charge in [-0.15, -0.1) is 0 Å². The zero-order chi connectivity index (χ0) is 35.8. The molecule has 272 valence electrons. The topological polar surface area (TPSA) is 181 Å². The highest BCUT2D eigenvalue weighted by Gasteiger charge is 2.49. The summed E-state index contributed by atoms with van der Waals surface area (Å²) in [6, 6.07) is 13.7. The Morgan fingerprint density at radius 1 is 1.10 bits per heavy atom. The van der Waals surface area contributed by atoms with Crippen molar-refractivity contribution in [1.82, 2.24) is 14.5 Å². The Hall–Kier alpha value is -3.43. The average molecular weight is 705 g/mol. The van der Waals surface area contributed by atoms with Gasteiger partial charge in [0.15, 0.2) is 6.29 Å². The summed E-state index contributed by atoms with van der Waals surface area (Å²) in [4.78, 5) is 26.1. The normalized spacial score (nSPS) is 20.6. The second-order valence-corrected chi connectivity index (χ2v) is 15.9. The van der Waals surface area contributed by atoms with Gasteiger partial charge >= 0.3 is 12.2 Å². The van der Waals surface area contributed by atoms with E-state index >= 15 is 0 Å². The number of carboxylic acid groups (broad SMARTS) is 1. The lowest BCUT2D eigenvalue weighted by atomic mass is 9.87. The molecule has 0 bridgehead atoms. The third-order valence-corrected chi connectivity index (χ3v) is 10.9. The van der Waals surface area contributed by atoms with E-state index in [-0.39, 0.29) is 48.7 Å². The molecule has 5 N–H and O–H groups in total. The van der Waals surface area contributed by atoms with Crippen LogP contribution in [0.4, 0.5) is 15.3 Å². The number of carbonyl (C=O) groups is 2. The first kappa shape index (κ1) is 38.4. The summed E-state index contributed by atoms with van der Waals surface area (Å²) in [7, 11) is -4.19. The summed E-state index contributed by atoms with van der Waals surface area (Å²) in [5.41, 5.74) is 6.50. The smallest absolute Gasteiger partial charge is 0.407 e. The highest BCUT2D eigenvalue weighted by atomic mass is 32.2. The Balaban J connectivity index is 1.59. The number of nitrogens with two attached hydrogens (primary N) is 1. The van der Waals surface area contributed by atoms with Crippen molar-refractivity contribution in [2.24, 2.45) is 11.3 Å². The van der Waals surface area contributed by atoms with Crippen LogP contribution in [-0.4, -0.2) is 103 Å². The van der Waals surface area contributed by atoms with Crippen molar-refractivity contribution in [1.29, 1.82) is 0 Å². The van der Waals surface area contributed by atoms with Gasteiger partial charge in [0.05, 0.1) is 42.4 Å². The van der Waals surface area contributed by atoms with Crippen LogP contribution >= 0.6 is 0 Å². The van der Waals surface area contributed by atoms with Crippen LogP contribution in [0.3, 0.4) is 0 Å². The van der Waals surface area contributed by atoms with E-state index in [0.29, 0.717) is 38.8 Å². The SMILES string of the molecule is CC(C)OC(=O)NCCCCC(C)(C)CN(C[C@@H](O)[C@H](Cc1ccccc1)N(C(=O)O)[C@H]1CO[C@H]2OCC[C@H]21)S(=O)(=O)c1cccc(N)c1. The number of unbranched alkanes of at least 4 members (excludes halogenated alkanes) is 1. The van der Waals surface area contributed by atoms with Crippen LogP contribution in [0.2, 0.25) is 0 Å². The number of hydrogen-bond donors (Lipinski definition) is 4. The fourth-order valence-electron chi connectivity index (χ4n) is 6.67. The molecule has 2 aromatic rings. The fraction of sp³-hybridized carbons (Fsp3) is 0.600. The highest BCUT2D eigenvalue weighted by Crippen LogP contribution is 2.36. The molecule has 5 atom stereocenters. The van der Waals surface area contributed by atoms with E-state index in [9.17, 15) is 28.2 Å². The Labute approximate surface area is 289 Å². The number of benzene rings is 2. The number of alkyl carbamates (subject to hydrolysis) is 1. The van der Waals surface area contributed by atoms with Gasteiger partial charge in [0.2, 0.25) is 10.0 Å². The van der Waals surface area contributed by atoms with Crippen LogP contribution in [0, 0.1) is 11.3 Å². The molecular weight excluding hydrogens is 652 g/mol. The summed E-state index contributed by atoms with van der Waals surface area (Å²) < 4.78 is 46.3. The summed E-state index contributed by atoms with van der Waals surface area (Å²) in [5.74, 6) is -0.200.